The second kappa shape index (κ2) is 6.61. The molecule has 0 saturated carbocycles. The Morgan fingerprint density at radius 2 is 2.05 bits per heavy atom. The summed E-state index contributed by atoms with van der Waals surface area (Å²) in [4.78, 5) is 4.65. The lowest BCUT2D eigenvalue weighted by Gasteiger charge is -2.36. The van der Waals surface area contributed by atoms with Gasteiger partial charge in [-0.25, -0.2) is 0 Å². The fraction of sp³-hybridized carbons (Fsp3) is 0.400. The van der Waals surface area contributed by atoms with Gasteiger partial charge >= 0.3 is 0 Å². The van der Waals surface area contributed by atoms with Crippen molar-refractivity contribution in [3.63, 3.8) is 0 Å². The number of hydrogen-bond acceptors (Lipinski definition) is 6. The van der Waals surface area contributed by atoms with Gasteiger partial charge in [-0.2, -0.15) is 5.26 Å². The van der Waals surface area contributed by atoms with E-state index in [1.54, 1.807) is 17.4 Å². The summed E-state index contributed by atoms with van der Waals surface area (Å²) >= 11 is 7.94. The van der Waals surface area contributed by atoms with Crippen LogP contribution in [0.2, 0.25) is 5.02 Å². The quantitative estimate of drug-likeness (QED) is 0.864. The van der Waals surface area contributed by atoms with Crippen molar-refractivity contribution < 1.29 is 0 Å². The van der Waals surface area contributed by atoms with E-state index in [1.807, 2.05) is 19.1 Å². The zero-order valence-corrected chi connectivity index (χ0v) is 13.9. The lowest BCUT2D eigenvalue weighted by atomic mass is 10.2. The highest BCUT2D eigenvalue weighted by Gasteiger charge is 2.20. The number of aryl methyl sites for hydroxylation is 1. The van der Waals surface area contributed by atoms with Gasteiger partial charge in [-0.1, -0.05) is 11.6 Å². The first kappa shape index (κ1) is 15.2. The molecule has 114 valence electrons. The maximum Gasteiger partial charge on any atom is 0.131 e. The van der Waals surface area contributed by atoms with Crippen molar-refractivity contribution in [1.29, 1.82) is 5.26 Å². The molecular weight excluding hydrogens is 318 g/mol. The average Bonchev–Trinajstić information content (AvgIpc) is 2.93. The first-order chi connectivity index (χ1) is 10.7. The van der Waals surface area contributed by atoms with Gasteiger partial charge in [0, 0.05) is 26.2 Å². The van der Waals surface area contributed by atoms with E-state index < -0.39 is 0 Å². The Balaban J connectivity index is 1.61. The van der Waals surface area contributed by atoms with Crippen LogP contribution >= 0.6 is 22.9 Å². The third-order valence-electron chi connectivity index (χ3n) is 3.72. The van der Waals surface area contributed by atoms with Crippen molar-refractivity contribution >= 4 is 28.6 Å². The summed E-state index contributed by atoms with van der Waals surface area (Å²) < 4.78 is 0. The van der Waals surface area contributed by atoms with E-state index in [0.29, 0.717) is 10.6 Å². The molecule has 2 aromatic rings. The van der Waals surface area contributed by atoms with E-state index in [2.05, 4.69) is 26.1 Å². The summed E-state index contributed by atoms with van der Waals surface area (Å²) in [5.41, 5.74) is 1.60. The molecule has 7 heteroatoms. The van der Waals surface area contributed by atoms with E-state index in [0.717, 1.165) is 48.4 Å². The predicted octanol–water partition coefficient (Wildman–Crippen LogP) is 2.69. The van der Waals surface area contributed by atoms with Crippen LogP contribution in [0.1, 0.15) is 15.6 Å². The lowest BCUT2D eigenvalue weighted by Crippen LogP contribution is -2.46. The highest BCUT2D eigenvalue weighted by molar-refractivity contribution is 7.11. The summed E-state index contributed by atoms with van der Waals surface area (Å²) in [5, 5.41) is 19.9. The van der Waals surface area contributed by atoms with Crippen LogP contribution in [0.15, 0.2) is 18.2 Å². The molecule has 0 unspecified atom stereocenters. The lowest BCUT2D eigenvalue weighted by molar-refractivity contribution is 0.249. The Morgan fingerprint density at radius 1 is 1.27 bits per heavy atom. The van der Waals surface area contributed by atoms with Gasteiger partial charge in [-0.15, -0.1) is 21.5 Å². The van der Waals surface area contributed by atoms with Gasteiger partial charge in [-0.3, -0.25) is 4.90 Å². The molecule has 2 heterocycles. The number of hydrogen-bond donors (Lipinski definition) is 0. The maximum atomic E-state index is 8.90. The molecular formula is C15H16ClN5S. The minimum Gasteiger partial charge on any atom is -0.368 e. The average molecular weight is 334 g/mol. The second-order valence-corrected chi connectivity index (χ2v) is 6.93. The van der Waals surface area contributed by atoms with Crippen molar-refractivity contribution in [2.24, 2.45) is 0 Å². The SMILES string of the molecule is Cc1nnc(CN2CCN(c3ccc(C#N)cc3Cl)CC2)s1. The Labute approximate surface area is 138 Å². The fourth-order valence-corrected chi connectivity index (χ4v) is 3.62. The predicted molar refractivity (Wildman–Crippen MR) is 88.3 cm³/mol. The molecule has 1 aromatic carbocycles. The molecule has 0 amide bonds. The van der Waals surface area contributed by atoms with E-state index >= 15 is 0 Å². The molecule has 0 spiro atoms. The molecule has 1 aliphatic rings. The number of nitrogens with zero attached hydrogens (tertiary/aromatic N) is 5. The van der Waals surface area contributed by atoms with Crippen molar-refractivity contribution in [1.82, 2.24) is 15.1 Å². The molecule has 0 radical (unpaired) electrons. The zero-order chi connectivity index (χ0) is 15.5. The summed E-state index contributed by atoms with van der Waals surface area (Å²) in [5.74, 6) is 0. The van der Waals surface area contributed by atoms with Gasteiger partial charge in [0.25, 0.3) is 0 Å². The first-order valence-corrected chi connectivity index (χ1v) is 8.31. The highest BCUT2D eigenvalue weighted by atomic mass is 35.5. The van der Waals surface area contributed by atoms with Gasteiger partial charge in [0.1, 0.15) is 10.0 Å². The second-order valence-electron chi connectivity index (χ2n) is 5.26. The van der Waals surface area contributed by atoms with Gasteiger partial charge in [0.2, 0.25) is 0 Å². The van der Waals surface area contributed by atoms with Gasteiger partial charge in [-0.05, 0) is 25.1 Å². The Morgan fingerprint density at radius 3 is 2.64 bits per heavy atom. The maximum absolute atomic E-state index is 8.90. The van der Waals surface area contributed by atoms with E-state index in [-0.39, 0.29) is 0 Å². The van der Waals surface area contributed by atoms with Gasteiger partial charge < -0.3 is 4.90 Å². The molecule has 0 atom stereocenters. The molecule has 1 aliphatic heterocycles. The van der Waals surface area contributed by atoms with Crippen molar-refractivity contribution in [3.05, 3.63) is 38.8 Å². The number of anilines is 1. The molecule has 0 bridgehead atoms. The molecule has 1 fully saturated rings. The summed E-state index contributed by atoms with van der Waals surface area (Å²) in [6.45, 7) is 6.61. The zero-order valence-electron chi connectivity index (χ0n) is 12.3. The fourth-order valence-electron chi connectivity index (χ4n) is 2.57. The third kappa shape index (κ3) is 3.38. The van der Waals surface area contributed by atoms with Crippen LogP contribution in [0, 0.1) is 18.3 Å². The Kier molecular flexibility index (Phi) is 4.57. The molecule has 22 heavy (non-hydrogen) atoms. The van der Waals surface area contributed by atoms with E-state index in [9.17, 15) is 0 Å². The summed E-state index contributed by atoms with van der Waals surface area (Å²) in [6.07, 6.45) is 0. The monoisotopic (exact) mass is 333 g/mol. The number of piperazine rings is 1. The van der Waals surface area contributed by atoms with Crippen LogP contribution in [0.5, 0.6) is 0 Å². The Hall–Kier alpha value is -1.68. The topological polar surface area (TPSA) is 56.1 Å². The van der Waals surface area contributed by atoms with Gasteiger partial charge in [0.15, 0.2) is 0 Å². The third-order valence-corrected chi connectivity index (χ3v) is 4.84. The smallest absolute Gasteiger partial charge is 0.131 e. The molecule has 3 rings (SSSR count). The van der Waals surface area contributed by atoms with Crippen LogP contribution in [0.25, 0.3) is 0 Å². The normalized spacial score (nSPS) is 15.8. The van der Waals surface area contributed by atoms with Crippen molar-refractivity contribution in [3.8, 4) is 6.07 Å². The van der Waals surface area contributed by atoms with Crippen LogP contribution in [-0.2, 0) is 6.54 Å². The molecule has 5 nitrogen and oxygen atoms in total. The standard InChI is InChI=1S/C15H16ClN5S/c1-11-18-19-15(22-11)10-20-4-6-21(7-5-20)14-3-2-12(9-17)8-13(14)16/h2-3,8H,4-7,10H2,1H3. The number of halogens is 1. The van der Waals surface area contributed by atoms with Crippen LogP contribution in [0.4, 0.5) is 5.69 Å². The largest absolute Gasteiger partial charge is 0.368 e. The first-order valence-electron chi connectivity index (χ1n) is 7.11. The van der Waals surface area contributed by atoms with Crippen LogP contribution in [-0.4, -0.2) is 41.3 Å². The van der Waals surface area contributed by atoms with E-state index in [4.69, 9.17) is 16.9 Å². The van der Waals surface area contributed by atoms with Crippen molar-refractivity contribution in [2.45, 2.75) is 13.5 Å². The minimum atomic E-state index is 0.596. The molecule has 1 saturated heterocycles. The van der Waals surface area contributed by atoms with Crippen LogP contribution in [0.3, 0.4) is 0 Å². The summed E-state index contributed by atoms with van der Waals surface area (Å²) in [6, 6.07) is 7.59. The number of benzene rings is 1. The number of rotatable bonds is 3. The Bertz CT molecular complexity index is 700. The molecule has 0 N–H and O–H groups in total. The number of nitriles is 1. The van der Waals surface area contributed by atoms with Gasteiger partial charge in [0.05, 0.1) is 28.9 Å². The van der Waals surface area contributed by atoms with Crippen molar-refractivity contribution in [2.75, 3.05) is 31.1 Å². The van der Waals surface area contributed by atoms with E-state index in [1.165, 1.54) is 0 Å². The molecule has 0 aliphatic carbocycles. The van der Waals surface area contributed by atoms with Crippen LogP contribution < -0.4 is 4.90 Å². The minimum absolute atomic E-state index is 0.596. The number of aromatic nitrogens is 2. The summed E-state index contributed by atoms with van der Waals surface area (Å²) in [7, 11) is 0. The molecule has 1 aromatic heterocycles. The highest BCUT2D eigenvalue weighted by Crippen LogP contribution is 2.28.